The Kier molecular flexibility index (Phi) is 8.57. The maximum atomic E-state index is 7.65. The molecule has 2 aliphatic heterocycles. The van der Waals surface area contributed by atoms with Crippen molar-refractivity contribution >= 4 is 78.6 Å². The van der Waals surface area contributed by atoms with Gasteiger partial charge in [-0.1, -0.05) is 118 Å². The van der Waals surface area contributed by atoms with Crippen molar-refractivity contribution in [3.05, 3.63) is 174 Å². The number of fused-ring (bicyclic) bond motifs is 10. The summed E-state index contributed by atoms with van der Waals surface area (Å²) in [5, 5.41) is 6.60. The van der Waals surface area contributed by atoms with E-state index in [1.807, 2.05) is 0 Å². The summed E-state index contributed by atoms with van der Waals surface area (Å²) in [5.74, 6) is 6.20. The molecule has 8 fully saturated rings. The summed E-state index contributed by atoms with van der Waals surface area (Å²) in [4.78, 5) is 2.57. The molecule has 10 aromatic rings. The van der Waals surface area contributed by atoms with Crippen molar-refractivity contribution in [2.24, 2.45) is 35.5 Å². The van der Waals surface area contributed by atoms with E-state index in [1.165, 1.54) is 171 Å². The molecule has 0 atom stereocenters. The van der Waals surface area contributed by atoms with Crippen LogP contribution in [0.2, 0.25) is 0 Å². The van der Waals surface area contributed by atoms with Gasteiger partial charge in [0.2, 0.25) is 5.88 Å². The second-order valence-corrected chi connectivity index (χ2v) is 27.3. The maximum Gasteiger partial charge on any atom is 0.337 e. The fourth-order valence-electron chi connectivity index (χ4n) is 19.4. The molecule has 10 aliphatic rings. The summed E-state index contributed by atoms with van der Waals surface area (Å²) in [6, 6.07) is 62.0. The Labute approximate surface area is 447 Å². The van der Waals surface area contributed by atoms with E-state index in [-0.39, 0.29) is 17.7 Å². The first-order valence-corrected chi connectivity index (χ1v) is 29.4. The summed E-state index contributed by atoms with van der Waals surface area (Å²) in [5.41, 5.74) is 21.5. The largest absolute Gasteiger partial charge is 0.440 e. The number of anilines is 3. The topological polar surface area (TPSA) is 21.3 Å². The van der Waals surface area contributed by atoms with Gasteiger partial charge >= 0.3 is 6.85 Å². The maximum absolute atomic E-state index is 7.65. The van der Waals surface area contributed by atoms with Crippen molar-refractivity contribution in [2.75, 3.05) is 4.90 Å². The number of rotatable bonds is 5. The minimum Gasteiger partial charge on any atom is -0.440 e. The second-order valence-electron chi connectivity index (χ2n) is 27.3. The van der Waals surface area contributed by atoms with E-state index in [0.717, 1.165) is 52.7 Å². The minimum atomic E-state index is -0.124. The van der Waals surface area contributed by atoms with Crippen LogP contribution in [0.5, 0.6) is 0 Å². The Hall–Kier alpha value is -6.78. The Morgan fingerprint density at radius 1 is 0.461 bits per heavy atom. The molecule has 20 rings (SSSR count). The van der Waals surface area contributed by atoms with Crippen LogP contribution in [0.3, 0.4) is 0 Å². The molecular weight excluding hydrogens is 920 g/mol. The summed E-state index contributed by atoms with van der Waals surface area (Å²) in [7, 11) is 0. The SMILES string of the molecule is CC(C)(C)c1ccc(N2c3cc(-c4ccccc4)cc4c3B(c3c2oc2cc5ccccc5cc32)n2c3ccc(C56CC7CC(CC(C7)C5)C6)cc3c3cc(C56CC7CC(CC(C7)C5)C6)cc-4c32)c(-c2ccccc2)c1. The highest BCUT2D eigenvalue weighted by Crippen LogP contribution is 2.64. The van der Waals surface area contributed by atoms with Crippen LogP contribution in [0.4, 0.5) is 17.3 Å². The number of hydrogen-bond acceptors (Lipinski definition) is 2. The van der Waals surface area contributed by atoms with E-state index >= 15 is 0 Å². The van der Waals surface area contributed by atoms with Gasteiger partial charge in [0.1, 0.15) is 5.58 Å². The van der Waals surface area contributed by atoms with Crippen LogP contribution in [0.15, 0.2) is 162 Å². The van der Waals surface area contributed by atoms with Gasteiger partial charge in [-0.15, -0.1) is 0 Å². The van der Waals surface area contributed by atoms with Gasteiger partial charge in [0, 0.05) is 49.5 Å². The highest BCUT2D eigenvalue weighted by molar-refractivity contribution is 6.91. The third-order valence-electron chi connectivity index (χ3n) is 21.8. The van der Waals surface area contributed by atoms with Crippen LogP contribution in [0.25, 0.3) is 76.9 Å². The van der Waals surface area contributed by atoms with Crippen molar-refractivity contribution < 1.29 is 4.42 Å². The molecule has 2 aromatic heterocycles. The Morgan fingerprint density at radius 3 is 1.70 bits per heavy atom. The number of nitrogens with zero attached hydrogens (tertiary/aromatic N) is 2. The molecule has 76 heavy (non-hydrogen) atoms. The average molecular weight is 985 g/mol. The van der Waals surface area contributed by atoms with Crippen LogP contribution < -0.4 is 15.8 Å². The third kappa shape index (κ3) is 5.97. The molecule has 372 valence electrons. The lowest BCUT2D eigenvalue weighted by atomic mass is 9.45. The molecule has 0 amide bonds. The number of benzene rings is 8. The minimum absolute atomic E-state index is 0.0411. The van der Waals surface area contributed by atoms with E-state index in [0.29, 0.717) is 5.41 Å². The standard InChI is InChI=1S/C72H65BN2O/c1-70(2,3)53-18-20-62(56(32-53)49-14-8-5-9-15-49)74-64-30-52(48-12-6-4-7-13-48)29-58-60-35-55(72-39-45-25-46(40-72)27-47(26-45)41-72)34-59-57-33-54(71-36-42-22-43(37-71)24-44(23-42)38-71)19-21-63(57)75(68(59)60)73(66(58)64)67-61-28-50-16-10-11-17-51(50)31-65(61)76-69(67)74/h4-21,28-35,42-47H,22-27,36-41H2,1-3H3. The zero-order chi connectivity index (χ0) is 50.0. The fraction of sp³-hybridized carbons (Fsp3) is 0.333. The van der Waals surface area contributed by atoms with Crippen LogP contribution in [0.1, 0.15) is 115 Å². The van der Waals surface area contributed by atoms with E-state index < -0.39 is 0 Å². The number of hydrogen-bond donors (Lipinski definition) is 0. The zero-order valence-corrected chi connectivity index (χ0v) is 44.3. The Balaban J connectivity index is 0.983. The normalized spacial score (nSPS) is 27.4. The molecule has 3 nitrogen and oxygen atoms in total. The highest BCUT2D eigenvalue weighted by Gasteiger charge is 2.54. The second kappa shape index (κ2) is 15.0. The highest BCUT2D eigenvalue weighted by atomic mass is 16.4. The smallest absolute Gasteiger partial charge is 0.337 e. The van der Waals surface area contributed by atoms with Crippen molar-refractivity contribution in [1.82, 2.24) is 4.48 Å². The van der Waals surface area contributed by atoms with Crippen molar-refractivity contribution in [1.29, 1.82) is 0 Å². The summed E-state index contributed by atoms with van der Waals surface area (Å²) < 4.78 is 10.5. The van der Waals surface area contributed by atoms with Crippen LogP contribution in [-0.2, 0) is 16.2 Å². The lowest BCUT2D eigenvalue weighted by molar-refractivity contribution is -0.00527. The van der Waals surface area contributed by atoms with Crippen molar-refractivity contribution in [3.8, 4) is 33.4 Å². The monoisotopic (exact) mass is 985 g/mol. The Morgan fingerprint density at radius 2 is 1.05 bits per heavy atom. The number of furan rings is 1. The molecule has 0 radical (unpaired) electrons. The molecule has 8 aromatic carbocycles. The van der Waals surface area contributed by atoms with Crippen molar-refractivity contribution in [2.45, 2.75) is 114 Å². The van der Waals surface area contributed by atoms with Crippen LogP contribution in [0, 0.1) is 35.5 Å². The molecular formula is C72H65BN2O. The molecule has 0 saturated heterocycles. The van der Waals surface area contributed by atoms with E-state index in [4.69, 9.17) is 4.42 Å². The average Bonchev–Trinajstić information content (AvgIpc) is 4.17. The molecule has 8 saturated carbocycles. The van der Waals surface area contributed by atoms with Gasteiger partial charge in [-0.2, -0.15) is 0 Å². The van der Waals surface area contributed by atoms with E-state index in [2.05, 4.69) is 188 Å². The molecule has 8 aliphatic carbocycles. The van der Waals surface area contributed by atoms with Crippen LogP contribution in [-0.4, -0.2) is 11.3 Å². The first-order valence-electron chi connectivity index (χ1n) is 29.4. The summed E-state index contributed by atoms with van der Waals surface area (Å²) in [6.07, 6.45) is 16.9. The van der Waals surface area contributed by atoms with Gasteiger partial charge < -0.3 is 8.90 Å². The summed E-state index contributed by atoms with van der Waals surface area (Å²) in [6.45, 7) is 6.90. The lowest BCUT2D eigenvalue weighted by Gasteiger charge is -2.57. The predicted octanol–water partition coefficient (Wildman–Crippen LogP) is 17.7. The first-order chi connectivity index (χ1) is 37.1. The first kappa shape index (κ1) is 43.3. The van der Waals surface area contributed by atoms with Gasteiger partial charge in [-0.05, 0) is 245 Å². The zero-order valence-electron chi connectivity index (χ0n) is 44.3. The van der Waals surface area contributed by atoms with Gasteiger partial charge in [0.05, 0.1) is 5.69 Å². The molecule has 0 unspecified atom stereocenters. The van der Waals surface area contributed by atoms with Gasteiger partial charge in [-0.3, -0.25) is 4.90 Å². The Bertz CT molecular complexity index is 4060. The lowest BCUT2D eigenvalue weighted by Crippen LogP contribution is -2.56. The van der Waals surface area contributed by atoms with Gasteiger partial charge in [-0.25, -0.2) is 0 Å². The van der Waals surface area contributed by atoms with Crippen LogP contribution >= 0.6 is 0 Å². The molecule has 4 heterocycles. The molecule has 8 bridgehead atoms. The summed E-state index contributed by atoms with van der Waals surface area (Å²) >= 11 is 0. The third-order valence-corrected chi connectivity index (χ3v) is 21.8. The fourth-order valence-corrected chi connectivity index (χ4v) is 19.4. The van der Waals surface area contributed by atoms with Gasteiger partial charge in [0.15, 0.2) is 0 Å². The molecule has 4 heteroatoms. The molecule has 0 spiro atoms. The van der Waals surface area contributed by atoms with Crippen molar-refractivity contribution in [3.63, 3.8) is 0 Å². The number of aromatic nitrogens is 1. The predicted molar refractivity (Wildman–Crippen MR) is 317 cm³/mol. The van der Waals surface area contributed by atoms with Gasteiger partial charge in [0.25, 0.3) is 0 Å². The molecule has 0 N–H and O–H groups in total. The van der Waals surface area contributed by atoms with E-state index in [1.54, 1.807) is 11.1 Å². The van der Waals surface area contributed by atoms with E-state index in [9.17, 15) is 0 Å². The quantitative estimate of drug-likeness (QED) is 0.160.